The Hall–Kier alpha value is -0.880. The van der Waals surface area contributed by atoms with Gasteiger partial charge in [0.15, 0.2) is 0 Å². The van der Waals surface area contributed by atoms with Crippen molar-refractivity contribution >= 4 is 0 Å². The lowest BCUT2D eigenvalue weighted by Gasteiger charge is -2.00. The average molecular weight is 359 g/mol. The summed E-state index contributed by atoms with van der Waals surface area (Å²) < 4.78 is 0. The molecule has 0 atom stereocenters. The van der Waals surface area contributed by atoms with E-state index >= 15 is 0 Å². The molecule has 0 bridgehead atoms. The van der Waals surface area contributed by atoms with E-state index in [0.29, 0.717) is 0 Å². The zero-order valence-electron chi connectivity index (χ0n) is 18.1. The smallest absolute Gasteiger partial charge is 0.00989 e. The molecule has 0 saturated heterocycles. The van der Waals surface area contributed by atoms with Crippen LogP contribution in [0.4, 0.5) is 0 Å². The molecule has 0 aromatic heterocycles. The van der Waals surface area contributed by atoms with E-state index in [2.05, 4.69) is 37.5 Å². The maximum Gasteiger partial charge on any atom is 0.00989 e. The third kappa shape index (κ3) is 23.1. The largest absolute Gasteiger partial charge is 0.0891 e. The molecule has 0 saturated carbocycles. The summed E-state index contributed by atoms with van der Waals surface area (Å²) in [5.41, 5.74) is 0. The average Bonchev–Trinajstić information content (AvgIpc) is 2.66. The minimum absolute atomic E-state index is 1.03. The van der Waals surface area contributed by atoms with E-state index in [1.807, 2.05) is 0 Å². The zero-order chi connectivity index (χ0) is 19.0. The molecule has 0 N–H and O–H groups in total. The monoisotopic (exact) mass is 358 g/mol. The molecular weight excluding hydrogens is 312 g/mol. The van der Waals surface area contributed by atoms with Gasteiger partial charge in [0.25, 0.3) is 0 Å². The van der Waals surface area contributed by atoms with E-state index in [-0.39, 0.29) is 0 Å². The van der Waals surface area contributed by atoms with Crippen molar-refractivity contribution < 1.29 is 0 Å². The Morgan fingerprint density at radius 3 is 0.923 bits per heavy atom. The van der Waals surface area contributed by atoms with Gasteiger partial charge in [-0.3, -0.25) is 0 Å². The summed E-state index contributed by atoms with van der Waals surface area (Å²) in [6, 6.07) is 0. The van der Waals surface area contributed by atoms with Crippen LogP contribution in [-0.4, -0.2) is 0 Å². The van der Waals surface area contributed by atoms with E-state index in [9.17, 15) is 0 Å². The van der Waals surface area contributed by atoms with Crippen molar-refractivity contribution in [1.82, 2.24) is 0 Å². The highest BCUT2D eigenvalue weighted by Gasteiger charge is 1.92. The summed E-state index contributed by atoms with van der Waals surface area (Å²) in [5, 5.41) is 0. The van der Waals surface area contributed by atoms with Gasteiger partial charge < -0.3 is 0 Å². The number of unbranched alkanes of at least 4 members (excludes halogenated alkanes) is 18. The Balaban J connectivity index is 3.22. The summed E-state index contributed by atoms with van der Waals surface area (Å²) in [5.74, 6) is 12.5. The van der Waals surface area contributed by atoms with Crippen LogP contribution in [0.1, 0.15) is 142 Å². The Labute approximate surface area is 166 Å². The molecule has 26 heavy (non-hydrogen) atoms. The fourth-order valence-corrected chi connectivity index (χ4v) is 3.26. The zero-order valence-corrected chi connectivity index (χ0v) is 18.1. The number of hydrogen-bond donors (Lipinski definition) is 0. The summed E-state index contributed by atoms with van der Waals surface area (Å²) >= 11 is 0. The fraction of sp³-hybridized carbons (Fsp3) is 0.846. The van der Waals surface area contributed by atoms with E-state index in [1.54, 1.807) is 0 Å². The van der Waals surface area contributed by atoms with Crippen molar-refractivity contribution in [3.05, 3.63) is 0 Å². The summed E-state index contributed by atoms with van der Waals surface area (Å²) in [6.45, 7) is 4.56. The van der Waals surface area contributed by atoms with Crippen molar-refractivity contribution in [3.63, 3.8) is 0 Å². The first kappa shape index (κ1) is 25.1. The van der Waals surface area contributed by atoms with Crippen molar-refractivity contribution in [2.75, 3.05) is 0 Å². The maximum absolute atomic E-state index is 3.22. The molecule has 0 rings (SSSR count). The SMILES string of the molecule is CCCCCCCCCCCC#CC#CCCCCCCCCCCC. The Morgan fingerprint density at radius 2 is 0.615 bits per heavy atom. The molecule has 0 spiro atoms. The van der Waals surface area contributed by atoms with Crippen LogP contribution in [0.5, 0.6) is 0 Å². The first-order valence-electron chi connectivity index (χ1n) is 11.9. The molecule has 0 unspecified atom stereocenters. The minimum Gasteiger partial charge on any atom is -0.0891 e. The molecule has 0 aromatic carbocycles. The summed E-state index contributed by atoms with van der Waals surface area (Å²) in [4.78, 5) is 0. The molecule has 0 radical (unpaired) electrons. The van der Waals surface area contributed by atoms with Crippen LogP contribution in [0.2, 0.25) is 0 Å². The van der Waals surface area contributed by atoms with E-state index in [4.69, 9.17) is 0 Å². The highest BCUT2D eigenvalue weighted by atomic mass is 14.0. The molecule has 0 heterocycles. The molecule has 0 heteroatoms. The molecule has 0 fully saturated rings. The van der Waals surface area contributed by atoms with Crippen molar-refractivity contribution in [1.29, 1.82) is 0 Å². The molecule has 0 aliphatic rings. The molecule has 0 aliphatic carbocycles. The third-order valence-electron chi connectivity index (χ3n) is 5.05. The first-order chi connectivity index (χ1) is 12.9. The normalized spacial score (nSPS) is 10.1. The second-order valence-electron chi connectivity index (χ2n) is 7.76. The van der Waals surface area contributed by atoms with Gasteiger partial charge in [-0.05, 0) is 24.7 Å². The number of hydrogen-bond acceptors (Lipinski definition) is 0. The van der Waals surface area contributed by atoms with Gasteiger partial charge in [0.1, 0.15) is 0 Å². The van der Waals surface area contributed by atoms with Gasteiger partial charge in [0, 0.05) is 12.8 Å². The first-order valence-corrected chi connectivity index (χ1v) is 11.9. The molecule has 0 amide bonds. The van der Waals surface area contributed by atoms with Gasteiger partial charge in [0.2, 0.25) is 0 Å². The lowest BCUT2D eigenvalue weighted by Crippen LogP contribution is -1.81. The van der Waals surface area contributed by atoms with Gasteiger partial charge in [-0.15, -0.1) is 0 Å². The Kier molecular flexibility index (Phi) is 23.3. The Morgan fingerprint density at radius 1 is 0.346 bits per heavy atom. The van der Waals surface area contributed by atoms with Gasteiger partial charge in [0.05, 0.1) is 0 Å². The third-order valence-corrected chi connectivity index (χ3v) is 5.05. The predicted molar refractivity (Wildman–Crippen MR) is 119 cm³/mol. The van der Waals surface area contributed by atoms with Crippen LogP contribution in [0, 0.1) is 23.7 Å². The predicted octanol–water partition coefficient (Wildman–Crippen LogP) is 8.84. The summed E-state index contributed by atoms with van der Waals surface area (Å²) in [6.07, 6.45) is 26.9. The lowest BCUT2D eigenvalue weighted by atomic mass is 10.1. The van der Waals surface area contributed by atoms with Crippen LogP contribution in [0.15, 0.2) is 0 Å². The molecule has 150 valence electrons. The Bertz CT molecular complexity index is 332. The summed E-state index contributed by atoms with van der Waals surface area (Å²) in [7, 11) is 0. The highest BCUT2D eigenvalue weighted by Crippen LogP contribution is 2.11. The van der Waals surface area contributed by atoms with Crippen LogP contribution in [0.3, 0.4) is 0 Å². The van der Waals surface area contributed by atoms with E-state index < -0.39 is 0 Å². The van der Waals surface area contributed by atoms with E-state index in [1.165, 1.54) is 116 Å². The minimum atomic E-state index is 1.03. The molecule has 0 aromatic rings. The molecule has 0 aliphatic heterocycles. The van der Waals surface area contributed by atoms with Crippen LogP contribution in [0.25, 0.3) is 0 Å². The van der Waals surface area contributed by atoms with E-state index in [0.717, 1.165) is 12.8 Å². The standard InChI is InChI=1S/C26H46/c1-3-5-7-9-11-13-15-17-19-21-23-25-26-24-22-20-18-16-14-12-10-8-6-4-2/h3-22H2,1-2H3. The second kappa shape index (κ2) is 24.1. The quantitative estimate of drug-likeness (QED) is 0.169. The van der Waals surface area contributed by atoms with Crippen molar-refractivity contribution in [3.8, 4) is 23.7 Å². The fourth-order valence-electron chi connectivity index (χ4n) is 3.26. The topological polar surface area (TPSA) is 0 Å². The highest BCUT2D eigenvalue weighted by molar-refractivity contribution is 5.25. The van der Waals surface area contributed by atoms with Crippen LogP contribution < -0.4 is 0 Å². The lowest BCUT2D eigenvalue weighted by molar-refractivity contribution is 0.567. The molecule has 0 nitrogen and oxygen atoms in total. The van der Waals surface area contributed by atoms with Gasteiger partial charge in [-0.1, -0.05) is 128 Å². The maximum atomic E-state index is 3.22. The molecular formula is C26H46. The van der Waals surface area contributed by atoms with Gasteiger partial charge in [-0.2, -0.15) is 0 Å². The van der Waals surface area contributed by atoms with Crippen molar-refractivity contribution in [2.24, 2.45) is 0 Å². The van der Waals surface area contributed by atoms with Crippen molar-refractivity contribution in [2.45, 2.75) is 142 Å². The van der Waals surface area contributed by atoms with Gasteiger partial charge >= 0.3 is 0 Å². The number of rotatable bonds is 18. The second-order valence-corrected chi connectivity index (χ2v) is 7.76. The van der Waals surface area contributed by atoms with Crippen LogP contribution >= 0.6 is 0 Å². The van der Waals surface area contributed by atoms with Gasteiger partial charge in [-0.25, -0.2) is 0 Å². The van der Waals surface area contributed by atoms with Crippen LogP contribution in [-0.2, 0) is 0 Å².